The first kappa shape index (κ1) is 63.1. The predicted octanol–water partition coefficient (Wildman–Crippen LogP) is 8.60. The molecule has 2 fully saturated rings. The first-order chi connectivity index (χ1) is 44.2. The van der Waals surface area contributed by atoms with Crippen LogP contribution in [0.3, 0.4) is 0 Å². The van der Waals surface area contributed by atoms with E-state index in [2.05, 4.69) is 46.4 Å². The molecule has 0 radical (unpaired) electrons. The highest BCUT2D eigenvalue weighted by Crippen LogP contribution is 2.37. The Morgan fingerprint density at radius 2 is 1.03 bits per heavy atom. The molecule has 5 N–H and O–H groups in total. The van der Waals surface area contributed by atoms with Crippen LogP contribution in [0.1, 0.15) is 39.1 Å². The van der Waals surface area contributed by atoms with E-state index in [1.165, 1.54) is 0 Å². The third-order valence-corrected chi connectivity index (χ3v) is 14.8. The van der Waals surface area contributed by atoms with Gasteiger partial charge in [0, 0.05) is 124 Å². The number of likely N-dealkylation sites (tertiary alicyclic amines) is 2. The van der Waals surface area contributed by atoms with Crippen LogP contribution in [0.5, 0.6) is 40.2 Å². The van der Waals surface area contributed by atoms with Crippen LogP contribution in [0.2, 0.25) is 0 Å². The van der Waals surface area contributed by atoms with Crippen molar-refractivity contribution in [2.24, 2.45) is 0 Å². The number of benzene rings is 3. The van der Waals surface area contributed by atoms with E-state index in [1.54, 1.807) is 143 Å². The van der Waals surface area contributed by atoms with Gasteiger partial charge in [-0.2, -0.15) is 10.2 Å². The quantitative estimate of drug-likeness (QED) is 0.0375. The normalized spacial score (nSPS) is 14.6. The van der Waals surface area contributed by atoms with Crippen molar-refractivity contribution < 1.29 is 42.9 Å². The maximum atomic E-state index is 12.9. The molecule has 2 aliphatic heterocycles. The van der Waals surface area contributed by atoms with Gasteiger partial charge in [-0.3, -0.25) is 24.3 Å². The fraction of sp³-hybridized carbons (Fsp3) is 0.273. The number of nitrogens with zero attached hydrogens (tertiary/aromatic N) is 11. The number of carbonyl (C=O) groups excluding carboxylic acids is 4. The minimum Gasteiger partial charge on any atom is -0.497 e. The second kappa shape index (κ2) is 29.9. The Balaban J connectivity index is 0.000000204. The van der Waals surface area contributed by atoms with Crippen LogP contribution in [-0.2, 0) is 16.1 Å². The third kappa shape index (κ3) is 16.6. The average Bonchev–Trinajstić information content (AvgIpc) is 1.74. The number of hydrogen-bond acceptors (Lipinski definition) is 19. The van der Waals surface area contributed by atoms with Crippen LogP contribution >= 0.6 is 0 Å². The van der Waals surface area contributed by atoms with Gasteiger partial charge in [0.15, 0.2) is 22.9 Å². The number of aromatic nitrogens is 8. The van der Waals surface area contributed by atoms with E-state index in [0.717, 1.165) is 24.2 Å². The zero-order chi connectivity index (χ0) is 63.8. The van der Waals surface area contributed by atoms with Crippen molar-refractivity contribution >= 4 is 69.0 Å². The number of ether oxygens (including phenoxy) is 5. The van der Waals surface area contributed by atoms with Crippen LogP contribution in [0.4, 0.5) is 23.3 Å². The predicted molar refractivity (Wildman–Crippen MR) is 347 cm³/mol. The second-order valence-electron chi connectivity index (χ2n) is 21.9. The summed E-state index contributed by atoms with van der Waals surface area (Å²) in [6.45, 7) is 4.31. The first-order valence-corrected chi connectivity index (χ1v) is 29.4. The van der Waals surface area contributed by atoms with Gasteiger partial charge >= 0.3 is 0 Å². The largest absolute Gasteiger partial charge is 0.497 e. The van der Waals surface area contributed by atoms with Gasteiger partial charge in [0.25, 0.3) is 11.8 Å². The molecule has 0 aliphatic carbocycles. The molecule has 2 aliphatic rings. The fourth-order valence-electron chi connectivity index (χ4n) is 10.1. The zero-order valence-corrected chi connectivity index (χ0v) is 51.6. The van der Waals surface area contributed by atoms with Crippen molar-refractivity contribution in [2.45, 2.75) is 31.5 Å². The summed E-state index contributed by atoms with van der Waals surface area (Å²) in [5, 5.41) is 26.3. The summed E-state index contributed by atoms with van der Waals surface area (Å²) in [7, 11) is 12.6. The lowest BCUT2D eigenvalue weighted by Gasteiger charge is -2.16. The Hall–Kier alpha value is -10.9. The molecule has 8 heterocycles. The lowest BCUT2D eigenvalue weighted by molar-refractivity contribution is -0.125. The number of pyridine rings is 4. The van der Waals surface area contributed by atoms with Gasteiger partial charge in [-0.1, -0.05) is 24.3 Å². The summed E-state index contributed by atoms with van der Waals surface area (Å²) in [6.07, 6.45) is 15.0. The number of methoxy groups -OCH3 is 3. The highest BCUT2D eigenvalue weighted by Gasteiger charge is 2.29. The summed E-state index contributed by atoms with van der Waals surface area (Å²) < 4.78 is 30.2. The molecular formula is C66H72N16O9. The standard InChI is InChI=1S/C37H40N8O5.C29H32N8O4/c1-43(2)20-5-6-33(46)44-21-17-27(24-44)40-35-34-31(16-19-39-36(34)45(42-35)23-25-7-11-28(48-3)12-8-25)50-29-13-9-26(10-14-29)37(47)41-32-22-30(49-4)15-18-38-32;1-36(2)15-4-5-25(38)37-16-12-20(18-37)32-28-26-23(11-14-31-27(26)34-35-28)41-21-8-6-19(7-9-21)29(39)33-24-17-22(40-3)10-13-30-24/h5-16,18-19,22,27H,17,20-21,23-24H2,1-4H3,(H,40,42)(H,38,41,47);4-11,13-14,17,20H,12,15-16,18H2,1-3H3,(H,30,33,39)(H2,31,32,34,35)/b6-5+;5-4+/t27-;20-/m11/s1. The fourth-order valence-corrected chi connectivity index (χ4v) is 10.1. The van der Waals surface area contributed by atoms with Gasteiger partial charge in [-0.15, -0.1) is 0 Å². The number of amides is 4. The molecule has 2 atom stereocenters. The van der Waals surface area contributed by atoms with E-state index in [-0.39, 0.29) is 35.7 Å². The van der Waals surface area contributed by atoms with Crippen molar-refractivity contribution in [1.82, 2.24) is 59.5 Å². The minimum atomic E-state index is -0.313. The molecule has 0 unspecified atom stereocenters. The molecule has 470 valence electrons. The molecule has 2 saturated heterocycles. The van der Waals surface area contributed by atoms with Gasteiger partial charge < -0.3 is 64.6 Å². The molecule has 0 spiro atoms. The van der Waals surface area contributed by atoms with Gasteiger partial charge in [-0.25, -0.2) is 24.6 Å². The number of nitrogens with one attached hydrogen (secondary N) is 5. The van der Waals surface area contributed by atoms with Crippen molar-refractivity contribution in [1.29, 1.82) is 0 Å². The SMILES string of the molecule is COc1ccc(Cn2nc(N[C@@H]3CCN(C(=O)/C=C/CN(C)C)C3)c3c(Oc4ccc(C(=O)Nc5cc(OC)ccn5)cc4)ccnc32)cc1.COc1ccnc(NC(=O)c2ccc(Oc3ccnc4[nH]nc(N[C@@H]5CCN(C(=O)/C=C/CN(C)C)C5)c34)cc2)c1. The van der Waals surface area contributed by atoms with Crippen molar-refractivity contribution in [3.8, 4) is 40.2 Å². The summed E-state index contributed by atoms with van der Waals surface area (Å²) in [6, 6.07) is 31.7. The summed E-state index contributed by atoms with van der Waals surface area (Å²) in [5.41, 5.74) is 3.12. The van der Waals surface area contributed by atoms with E-state index in [9.17, 15) is 19.2 Å². The Morgan fingerprint density at radius 3 is 1.54 bits per heavy atom. The number of rotatable bonds is 23. The minimum absolute atomic E-state index is 0.00520. The van der Waals surface area contributed by atoms with E-state index >= 15 is 0 Å². The lowest BCUT2D eigenvalue weighted by Crippen LogP contribution is -2.30. The van der Waals surface area contributed by atoms with E-state index < -0.39 is 0 Å². The molecular weight excluding hydrogens is 1160 g/mol. The van der Waals surface area contributed by atoms with E-state index in [0.29, 0.717) is 137 Å². The number of H-pyrrole nitrogens is 1. The zero-order valence-electron chi connectivity index (χ0n) is 51.6. The summed E-state index contributed by atoms with van der Waals surface area (Å²) in [5.74, 6) is 5.52. The molecule has 0 bridgehead atoms. The molecule has 9 aromatic rings. The highest BCUT2D eigenvalue weighted by molar-refractivity contribution is 6.05. The molecule has 6 aromatic heterocycles. The Morgan fingerprint density at radius 1 is 0.560 bits per heavy atom. The highest BCUT2D eigenvalue weighted by atomic mass is 16.5. The molecule has 11 rings (SSSR count). The summed E-state index contributed by atoms with van der Waals surface area (Å²) >= 11 is 0. The van der Waals surface area contributed by atoms with Crippen molar-refractivity contribution in [2.75, 3.05) is 110 Å². The smallest absolute Gasteiger partial charge is 0.256 e. The molecule has 0 saturated carbocycles. The topological polar surface area (TPSA) is 274 Å². The van der Waals surface area contributed by atoms with Crippen LogP contribution in [0, 0.1) is 0 Å². The number of hydrogen-bond donors (Lipinski definition) is 5. The monoisotopic (exact) mass is 1230 g/mol. The molecule has 25 nitrogen and oxygen atoms in total. The Labute approximate surface area is 526 Å². The number of aromatic amines is 1. The third-order valence-electron chi connectivity index (χ3n) is 14.8. The van der Waals surface area contributed by atoms with Crippen molar-refractivity contribution in [3.63, 3.8) is 0 Å². The summed E-state index contributed by atoms with van der Waals surface area (Å²) in [4.78, 5) is 76.0. The van der Waals surface area contributed by atoms with Crippen LogP contribution in [-0.4, -0.2) is 184 Å². The number of likely N-dealkylation sites (N-methyl/N-ethyl adjacent to an activating group) is 2. The molecule has 4 amide bonds. The van der Waals surface area contributed by atoms with E-state index in [4.69, 9.17) is 33.8 Å². The van der Waals surface area contributed by atoms with Gasteiger partial charge in [-0.05, 0) is 119 Å². The number of fused-ring (bicyclic) bond motifs is 2. The Kier molecular flexibility index (Phi) is 20.7. The lowest BCUT2D eigenvalue weighted by atomic mass is 10.2. The van der Waals surface area contributed by atoms with Crippen LogP contribution in [0.25, 0.3) is 22.1 Å². The average molecular weight is 1230 g/mol. The van der Waals surface area contributed by atoms with Crippen LogP contribution in [0.15, 0.2) is 158 Å². The van der Waals surface area contributed by atoms with Crippen molar-refractivity contribution in [3.05, 3.63) is 175 Å². The van der Waals surface area contributed by atoms with Gasteiger partial charge in [0.1, 0.15) is 62.7 Å². The van der Waals surface area contributed by atoms with E-state index in [1.807, 2.05) is 88.9 Å². The van der Waals surface area contributed by atoms with Gasteiger partial charge in [0.05, 0.1) is 27.9 Å². The Bertz CT molecular complexity index is 4040. The molecule has 25 heteroatoms. The maximum Gasteiger partial charge on any atom is 0.256 e. The number of carbonyl (C=O) groups is 4. The molecule has 91 heavy (non-hydrogen) atoms. The second-order valence-corrected chi connectivity index (χ2v) is 21.9. The van der Waals surface area contributed by atoms with Gasteiger partial charge in [0.2, 0.25) is 11.8 Å². The first-order valence-electron chi connectivity index (χ1n) is 29.4. The van der Waals surface area contributed by atoms with Crippen LogP contribution < -0.4 is 45.0 Å². The maximum absolute atomic E-state index is 12.9. The number of anilines is 4. The molecule has 3 aromatic carbocycles.